The zero-order valence-corrected chi connectivity index (χ0v) is 25.0. The van der Waals surface area contributed by atoms with Crippen LogP contribution in [0.25, 0.3) is 0 Å². The number of hydrogen-bond donors (Lipinski definition) is 1. The van der Waals surface area contributed by atoms with E-state index in [9.17, 15) is 18.0 Å². The third kappa shape index (κ3) is 7.39. The lowest BCUT2D eigenvalue weighted by Gasteiger charge is -2.33. The van der Waals surface area contributed by atoms with Gasteiger partial charge in [-0.05, 0) is 83.8 Å². The molecule has 206 valence electrons. The first-order valence-corrected chi connectivity index (χ1v) is 15.8. The maximum Gasteiger partial charge on any atom is 0.264 e. The highest BCUT2D eigenvalue weighted by Gasteiger charge is 2.34. The number of nitrogens with one attached hydrogen (secondary N) is 1. The molecule has 7 nitrogen and oxygen atoms in total. The van der Waals surface area contributed by atoms with E-state index in [0.29, 0.717) is 12.1 Å². The van der Waals surface area contributed by atoms with Crippen molar-refractivity contribution in [1.82, 2.24) is 10.2 Å². The van der Waals surface area contributed by atoms with Gasteiger partial charge in [0.05, 0.1) is 10.6 Å². The number of carbonyl (C=O) groups is 2. The number of amides is 2. The number of hydrogen-bond acceptors (Lipinski definition) is 4. The highest BCUT2D eigenvalue weighted by atomic mass is 127. The topological polar surface area (TPSA) is 86.8 Å². The largest absolute Gasteiger partial charge is 0.352 e. The normalized spacial score (nSPS) is 14.5. The first kappa shape index (κ1) is 29.1. The Hall–Kier alpha value is -2.92. The molecule has 1 N–H and O–H groups in total. The van der Waals surface area contributed by atoms with Crippen LogP contribution < -0.4 is 9.62 Å². The summed E-state index contributed by atoms with van der Waals surface area (Å²) in [4.78, 5) is 29.1. The van der Waals surface area contributed by atoms with Crippen molar-refractivity contribution >= 4 is 50.1 Å². The van der Waals surface area contributed by atoms with Crippen molar-refractivity contribution in [3.05, 3.63) is 94.1 Å². The molecule has 1 atom stereocenters. The van der Waals surface area contributed by atoms with Gasteiger partial charge < -0.3 is 10.2 Å². The van der Waals surface area contributed by atoms with E-state index in [-0.39, 0.29) is 23.4 Å². The second-order valence-corrected chi connectivity index (χ2v) is 12.8. The molecule has 4 rings (SSSR count). The Morgan fingerprint density at radius 3 is 2.10 bits per heavy atom. The van der Waals surface area contributed by atoms with E-state index in [2.05, 4.69) is 27.9 Å². The Morgan fingerprint density at radius 1 is 0.923 bits per heavy atom. The molecule has 1 aliphatic rings. The minimum atomic E-state index is -4.06. The van der Waals surface area contributed by atoms with E-state index < -0.39 is 28.5 Å². The van der Waals surface area contributed by atoms with Crippen LogP contribution in [-0.4, -0.2) is 43.8 Å². The molecule has 3 aromatic carbocycles. The summed E-state index contributed by atoms with van der Waals surface area (Å²) >= 11 is 2.15. The fourth-order valence-electron chi connectivity index (χ4n) is 4.92. The van der Waals surface area contributed by atoms with Crippen LogP contribution in [-0.2, 0) is 26.2 Å². The standard InChI is InChI=1S/C30H34IN3O4S/c1-2-28(30(36)32-25-13-9-10-14-25)33(21-23-11-5-3-6-12-23)29(35)22-34(26-19-17-24(31)18-20-26)39(37,38)27-15-7-4-8-16-27/h3-8,11-12,15-20,25,28H,2,9-10,13-14,21-22H2,1H3,(H,32,36)/t28-/m0/s1. The Bertz CT molecular complexity index is 1350. The van der Waals surface area contributed by atoms with Crippen LogP contribution in [0.3, 0.4) is 0 Å². The lowest BCUT2D eigenvalue weighted by molar-refractivity contribution is -0.140. The predicted molar refractivity (Wildman–Crippen MR) is 162 cm³/mol. The highest BCUT2D eigenvalue weighted by Crippen LogP contribution is 2.26. The molecule has 1 aliphatic carbocycles. The number of sulfonamides is 1. The summed E-state index contributed by atoms with van der Waals surface area (Å²) in [5.74, 6) is -0.634. The minimum absolute atomic E-state index is 0.0944. The second-order valence-electron chi connectivity index (χ2n) is 9.72. The van der Waals surface area contributed by atoms with Crippen LogP contribution >= 0.6 is 22.6 Å². The van der Waals surface area contributed by atoms with Gasteiger partial charge in [-0.15, -0.1) is 0 Å². The smallest absolute Gasteiger partial charge is 0.264 e. The lowest BCUT2D eigenvalue weighted by atomic mass is 10.1. The van der Waals surface area contributed by atoms with Crippen LogP contribution in [0.1, 0.15) is 44.6 Å². The maximum absolute atomic E-state index is 14.1. The van der Waals surface area contributed by atoms with Gasteiger partial charge in [0, 0.05) is 16.2 Å². The van der Waals surface area contributed by atoms with Crippen LogP contribution in [0.4, 0.5) is 5.69 Å². The van der Waals surface area contributed by atoms with Crippen molar-refractivity contribution in [2.24, 2.45) is 0 Å². The van der Waals surface area contributed by atoms with E-state index >= 15 is 0 Å². The van der Waals surface area contributed by atoms with Gasteiger partial charge in [-0.3, -0.25) is 13.9 Å². The monoisotopic (exact) mass is 659 g/mol. The van der Waals surface area contributed by atoms with E-state index in [0.717, 1.165) is 39.1 Å². The van der Waals surface area contributed by atoms with Crippen molar-refractivity contribution in [2.45, 2.75) is 62.6 Å². The van der Waals surface area contributed by atoms with E-state index in [1.165, 1.54) is 17.0 Å². The molecule has 39 heavy (non-hydrogen) atoms. The first-order chi connectivity index (χ1) is 18.8. The van der Waals surface area contributed by atoms with Gasteiger partial charge in [0.2, 0.25) is 11.8 Å². The van der Waals surface area contributed by atoms with Gasteiger partial charge in [-0.2, -0.15) is 0 Å². The number of nitrogens with zero attached hydrogens (tertiary/aromatic N) is 2. The molecular weight excluding hydrogens is 625 g/mol. The molecule has 0 aliphatic heterocycles. The van der Waals surface area contributed by atoms with Gasteiger partial charge in [0.15, 0.2) is 0 Å². The summed E-state index contributed by atoms with van der Waals surface area (Å²) in [6, 6.07) is 24.0. The fourth-order valence-corrected chi connectivity index (χ4v) is 6.72. The van der Waals surface area contributed by atoms with Gasteiger partial charge in [0.1, 0.15) is 12.6 Å². The second kappa shape index (κ2) is 13.4. The number of benzene rings is 3. The number of anilines is 1. The van der Waals surface area contributed by atoms with Crippen LogP contribution in [0.2, 0.25) is 0 Å². The lowest BCUT2D eigenvalue weighted by Crippen LogP contribution is -2.53. The third-order valence-electron chi connectivity index (χ3n) is 7.01. The Balaban J connectivity index is 1.68. The molecule has 0 radical (unpaired) electrons. The van der Waals surface area contributed by atoms with Crippen LogP contribution in [0.15, 0.2) is 89.8 Å². The molecule has 0 unspecified atom stereocenters. The molecule has 0 aromatic heterocycles. The van der Waals surface area contributed by atoms with Crippen LogP contribution in [0, 0.1) is 3.57 Å². The predicted octanol–water partition coefficient (Wildman–Crippen LogP) is 5.35. The van der Waals surface area contributed by atoms with E-state index in [1.54, 1.807) is 42.5 Å². The first-order valence-electron chi connectivity index (χ1n) is 13.3. The number of carbonyl (C=O) groups excluding carboxylic acids is 2. The molecule has 2 amide bonds. The molecule has 0 saturated heterocycles. The highest BCUT2D eigenvalue weighted by molar-refractivity contribution is 14.1. The van der Waals surface area contributed by atoms with Crippen molar-refractivity contribution in [2.75, 3.05) is 10.8 Å². The molecular formula is C30H34IN3O4S. The molecule has 1 saturated carbocycles. The van der Waals surface area contributed by atoms with Crippen molar-refractivity contribution in [3.63, 3.8) is 0 Å². The van der Waals surface area contributed by atoms with Gasteiger partial charge in [-0.25, -0.2) is 8.42 Å². The summed E-state index contributed by atoms with van der Waals surface area (Å²) < 4.78 is 29.7. The maximum atomic E-state index is 14.1. The molecule has 3 aromatic rings. The van der Waals surface area contributed by atoms with Crippen molar-refractivity contribution in [1.29, 1.82) is 0 Å². The third-order valence-corrected chi connectivity index (χ3v) is 9.52. The molecule has 9 heteroatoms. The molecule has 0 spiro atoms. The van der Waals surface area contributed by atoms with Crippen molar-refractivity contribution < 1.29 is 18.0 Å². The summed E-state index contributed by atoms with van der Waals surface area (Å²) in [6.07, 6.45) is 4.44. The van der Waals surface area contributed by atoms with Gasteiger partial charge in [0.25, 0.3) is 10.0 Å². The Kier molecular flexibility index (Phi) is 10.0. The van der Waals surface area contributed by atoms with Gasteiger partial charge in [-0.1, -0.05) is 68.3 Å². The zero-order valence-electron chi connectivity index (χ0n) is 22.0. The minimum Gasteiger partial charge on any atom is -0.352 e. The number of halogens is 1. The average molecular weight is 660 g/mol. The molecule has 0 bridgehead atoms. The summed E-state index contributed by atoms with van der Waals surface area (Å²) in [7, 11) is -4.06. The molecule has 1 fully saturated rings. The summed E-state index contributed by atoms with van der Waals surface area (Å²) in [6.45, 7) is 1.64. The van der Waals surface area contributed by atoms with Crippen LogP contribution in [0.5, 0.6) is 0 Å². The average Bonchev–Trinajstić information content (AvgIpc) is 3.46. The van der Waals surface area contributed by atoms with E-state index in [1.807, 2.05) is 37.3 Å². The Morgan fingerprint density at radius 2 is 1.51 bits per heavy atom. The fraction of sp³-hybridized carbons (Fsp3) is 0.333. The Labute approximate surface area is 244 Å². The van der Waals surface area contributed by atoms with E-state index in [4.69, 9.17) is 0 Å². The summed E-state index contributed by atoms with van der Waals surface area (Å²) in [5.41, 5.74) is 1.25. The zero-order chi connectivity index (χ0) is 27.8. The quantitative estimate of drug-likeness (QED) is 0.281. The number of rotatable bonds is 11. The molecule has 0 heterocycles. The van der Waals surface area contributed by atoms with Crippen molar-refractivity contribution in [3.8, 4) is 0 Å². The SMILES string of the molecule is CC[C@@H](C(=O)NC1CCCC1)N(Cc1ccccc1)C(=O)CN(c1ccc(I)cc1)S(=O)(=O)c1ccccc1. The van der Waals surface area contributed by atoms with Gasteiger partial charge >= 0.3 is 0 Å². The summed E-state index contributed by atoms with van der Waals surface area (Å²) in [5, 5.41) is 3.13.